The summed E-state index contributed by atoms with van der Waals surface area (Å²) in [5.74, 6) is 0. The maximum atomic E-state index is 11.6. The number of nitrogens with one attached hydrogen (secondary N) is 1. The highest BCUT2D eigenvalue weighted by Crippen LogP contribution is 2.20. The van der Waals surface area contributed by atoms with Crippen molar-refractivity contribution in [1.82, 2.24) is 20.0 Å². The van der Waals surface area contributed by atoms with E-state index in [4.69, 9.17) is 4.74 Å². The zero-order valence-corrected chi connectivity index (χ0v) is 14.4. The quantitative estimate of drug-likeness (QED) is 0.896. The molecule has 0 aromatic carbocycles. The highest BCUT2D eigenvalue weighted by atomic mass is 79.9. The number of piperidine rings is 1. The number of hydrogen-bond donors (Lipinski definition) is 1. The Morgan fingerprint density at radius 2 is 2.14 bits per heavy atom. The largest absolute Gasteiger partial charge is 0.450 e. The summed E-state index contributed by atoms with van der Waals surface area (Å²) in [7, 11) is 1.96. The number of carbonyl (C=O) groups excluding carboxylic acids is 1. The summed E-state index contributed by atoms with van der Waals surface area (Å²) >= 11 is 3.58. The molecule has 0 radical (unpaired) electrons. The van der Waals surface area contributed by atoms with Gasteiger partial charge in [0.05, 0.1) is 22.5 Å². The third-order valence-corrected chi connectivity index (χ3v) is 4.87. The Labute approximate surface area is 133 Å². The van der Waals surface area contributed by atoms with Gasteiger partial charge in [0.25, 0.3) is 0 Å². The number of halogens is 1. The molecule has 118 valence electrons. The topological polar surface area (TPSA) is 59.4 Å². The van der Waals surface area contributed by atoms with Crippen LogP contribution < -0.4 is 5.32 Å². The van der Waals surface area contributed by atoms with Gasteiger partial charge in [-0.2, -0.15) is 5.10 Å². The SMILES string of the molecule is CCOC(=O)N1CCC(NCc2c(Br)c(C)nn2C)CC1. The molecular formula is C14H23BrN4O2. The van der Waals surface area contributed by atoms with Gasteiger partial charge >= 0.3 is 6.09 Å². The van der Waals surface area contributed by atoms with Crippen LogP contribution in [0.15, 0.2) is 4.47 Å². The van der Waals surface area contributed by atoms with Gasteiger partial charge in [0.2, 0.25) is 0 Å². The summed E-state index contributed by atoms with van der Waals surface area (Å²) in [4.78, 5) is 13.4. The van der Waals surface area contributed by atoms with Gasteiger partial charge < -0.3 is 15.0 Å². The number of aromatic nitrogens is 2. The first-order valence-corrected chi connectivity index (χ1v) is 8.15. The van der Waals surface area contributed by atoms with Crippen LogP contribution in [-0.4, -0.2) is 46.5 Å². The first kappa shape index (κ1) is 16.3. The predicted octanol–water partition coefficient (Wildman–Crippen LogP) is 2.20. The van der Waals surface area contributed by atoms with Crippen molar-refractivity contribution in [2.45, 2.75) is 39.3 Å². The Morgan fingerprint density at radius 1 is 1.48 bits per heavy atom. The molecule has 1 aliphatic rings. The molecule has 1 N–H and O–H groups in total. The maximum Gasteiger partial charge on any atom is 0.409 e. The Kier molecular flexibility index (Phi) is 5.64. The van der Waals surface area contributed by atoms with Crippen molar-refractivity contribution in [2.24, 2.45) is 7.05 Å². The molecule has 0 unspecified atom stereocenters. The highest BCUT2D eigenvalue weighted by molar-refractivity contribution is 9.10. The lowest BCUT2D eigenvalue weighted by atomic mass is 10.1. The maximum absolute atomic E-state index is 11.6. The van der Waals surface area contributed by atoms with Crippen molar-refractivity contribution in [3.63, 3.8) is 0 Å². The van der Waals surface area contributed by atoms with E-state index in [2.05, 4.69) is 26.3 Å². The molecular weight excluding hydrogens is 336 g/mol. The molecule has 6 nitrogen and oxygen atoms in total. The van der Waals surface area contributed by atoms with E-state index in [1.54, 1.807) is 4.90 Å². The lowest BCUT2D eigenvalue weighted by molar-refractivity contribution is 0.0949. The first-order valence-electron chi connectivity index (χ1n) is 7.36. The molecule has 2 rings (SSSR count). The molecule has 1 saturated heterocycles. The molecule has 1 amide bonds. The first-order chi connectivity index (χ1) is 10.0. The van der Waals surface area contributed by atoms with Gasteiger partial charge in [-0.25, -0.2) is 4.79 Å². The van der Waals surface area contributed by atoms with Crippen LogP contribution in [0.25, 0.3) is 0 Å². The fraction of sp³-hybridized carbons (Fsp3) is 0.714. The molecule has 1 aromatic rings. The molecule has 2 heterocycles. The van der Waals surface area contributed by atoms with Crippen LogP contribution in [0.4, 0.5) is 4.79 Å². The second-order valence-electron chi connectivity index (χ2n) is 5.31. The molecule has 0 bridgehead atoms. The fourth-order valence-electron chi connectivity index (χ4n) is 2.59. The molecule has 0 aliphatic carbocycles. The van der Waals surface area contributed by atoms with Crippen molar-refractivity contribution < 1.29 is 9.53 Å². The Bertz CT molecular complexity index is 495. The molecule has 1 aromatic heterocycles. The molecule has 0 spiro atoms. The number of nitrogens with zero attached hydrogens (tertiary/aromatic N) is 3. The molecule has 0 saturated carbocycles. The monoisotopic (exact) mass is 358 g/mol. The molecule has 7 heteroatoms. The molecule has 0 atom stereocenters. The van der Waals surface area contributed by atoms with E-state index in [1.807, 2.05) is 25.6 Å². The van der Waals surface area contributed by atoms with Gasteiger partial charge in [0.1, 0.15) is 0 Å². The van der Waals surface area contributed by atoms with E-state index in [-0.39, 0.29) is 6.09 Å². The molecule has 1 aliphatic heterocycles. The van der Waals surface area contributed by atoms with Gasteiger partial charge in [-0.1, -0.05) is 0 Å². The van der Waals surface area contributed by atoms with E-state index >= 15 is 0 Å². The Balaban J connectivity index is 1.80. The minimum atomic E-state index is -0.194. The van der Waals surface area contributed by atoms with Crippen LogP contribution in [0.5, 0.6) is 0 Å². The van der Waals surface area contributed by atoms with E-state index < -0.39 is 0 Å². The third kappa shape index (κ3) is 3.97. The van der Waals surface area contributed by atoms with Gasteiger partial charge in [0.15, 0.2) is 0 Å². The Morgan fingerprint density at radius 3 is 2.67 bits per heavy atom. The summed E-state index contributed by atoms with van der Waals surface area (Å²) in [5, 5.41) is 7.95. The summed E-state index contributed by atoms with van der Waals surface area (Å²) in [6, 6.07) is 0.429. The molecule has 21 heavy (non-hydrogen) atoms. The van der Waals surface area contributed by atoms with E-state index in [1.165, 1.54) is 0 Å². The van der Waals surface area contributed by atoms with Crippen molar-refractivity contribution in [3.05, 3.63) is 15.9 Å². The fourth-order valence-corrected chi connectivity index (χ4v) is 3.07. The van der Waals surface area contributed by atoms with Gasteiger partial charge in [-0.3, -0.25) is 4.68 Å². The summed E-state index contributed by atoms with van der Waals surface area (Å²) < 4.78 is 8.00. The van der Waals surface area contributed by atoms with Gasteiger partial charge in [-0.15, -0.1) is 0 Å². The van der Waals surface area contributed by atoms with Crippen LogP contribution in [0.1, 0.15) is 31.2 Å². The number of ether oxygens (including phenoxy) is 1. The summed E-state index contributed by atoms with van der Waals surface area (Å²) in [6.45, 7) is 6.54. The van der Waals surface area contributed by atoms with Crippen LogP contribution in [0.2, 0.25) is 0 Å². The minimum absolute atomic E-state index is 0.194. The average Bonchev–Trinajstić information content (AvgIpc) is 2.71. The van der Waals surface area contributed by atoms with Crippen LogP contribution in [0.3, 0.4) is 0 Å². The number of carbonyl (C=O) groups is 1. The number of aryl methyl sites for hydroxylation is 2. The normalized spacial score (nSPS) is 16.3. The summed E-state index contributed by atoms with van der Waals surface area (Å²) in [5.41, 5.74) is 2.16. The van der Waals surface area contributed by atoms with Gasteiger partial charge in [0, 0.05) is 32.7 Å². The standard InChI is InChI=1S/C14H23BrN4O2/c1-4-21-14(20)19-7-5-11(6-8-19)16-9-12-13(15)10(2)17-18(12)3/h11,16H,4-9H2,1-3H3. The van der Waals surface area contributed by atoms with Crippen molar-refractivity contribution in [3.8, 4) is 0 Å². The smallest absolute Gasteiger partial charge is 0.409 e. The van der Waals surface area contributed by atoms with Crippen LogP contribution >= 0.6 is 15.9 Å². The molecule has 1 fully saturated rings. The lowest BCUT2D eigenvalue weighted by Gasteiger charge is -2.31. The van der Waals surface area contributed by atoms with Crippen LogP contribution in [0, 0.1) is 6.92 Å². The lowest BCUT2D eigenvalue weighted by Crippen LogP contribution is -2.45. The number of likely N-dealkylation sites (tertiary alicyclic amines) is 1. The van der Waals surface area contributed by atoms with E-state index in [9.17, 15) is 4.79 Å². The predicted molar refractivity (Wildman–Crippen MR) is 84.1 cm³/mol. The number of hydrogen-bond acceptors (Lipinski definition) is 4. The third-order valence-electron chi connectivity index (χ3n) is 3.84. The zero-order chi connectivity index (χ0) is 15.4. The Hall–Kier alpha value is -1.08. The van der Waals surface area contributed by atoms with Crippen LogP contribution in [-0.2, 0) is 18.3 Å². The second kappa shape index (κ2) is 7.26. The zero-order valence-electron chi connectivity index (χ0n) is 12.9. The van der Waals surface area contributed by atoms with Crippen molar-refractivity contribution in [1.29, 1.82) is 0 Å². The average molecular weight is 359 g/mol. The van der Waals surface area contributed by atoms with Crippen molar-refractivity contribution in [2.75, 3.05) is 19.7 Å². The number of rotatable bonds is 4. The number of amides is 1. The second-order valence-corrected chi connectivity index (χ2v) is 6.10. The summed E-state index contributed by atoms with van der Waals surface area (Å²) in [6.07, 6.45) is 1.71. The van der Waals surface area contributed by atoms with Crippen molar-refractivity contribution >= 4 is 22.0 Å². The van der Waals surface area contributed by atoms with E-state index in [0.29, 0.717) is 12.6 Å². The highest BCUT2D eigenvalue weighted by Gasteiger charge is 2.23. The van der Waals surface area contributed by atoms with Gasteiger partial charge in [-0.05, 0) is 42.6 Å². The minimum Gasteiger partial charge on any atom is -0.450 e. The van der Waals surface area contributed by atoms with E-state index in [0.717, 1.165) is 48.3 Å².